The summed E-state index contributed by atoms with van der Waals surface area (Å²) in [6.07, 6.45) is 3.32. The second kappa shape index (κ2) is 5.34. The van der Waals surface area contributed by atoms with Crippen LogP contribution in [0.2, 0.25) is 0 Å². The maximum Gasteiger partial charge on any atom is 0.282 e. The zero-order chi connectivity index (χ0) is 12.1. The minimum absolute atomic E-state index is 0.232. The summed E-state index contributed by atoms with van der Waals surface area (Å²) >= 11 is 1.21. The van der Waals surface area contributed by atoms with E-state index in [9.17, 15) is 4.79 Å². The molecule has 0 aliphatic carbocycles. The first-order valence-electron chi connectivity index (χ1n) is 4.93. The highest BCUT2D eigenvalue weighted by atomic mass is 32.1. The van der Waals surface area contributed by atoms with E-state index in [1.54, 1.807) is 24.1 Å². The molecule has 0 fully saturated rings. The largest absolute Gasteiger partial charge is 0.363 e. The van der Waals surface area contributed by atoms with E-state index in [0.29, 0.717) is 23.2 Å². The lowest BCUT2D eigenvalue weighted by Gasteiger charge is -2.01. The molecule has 90 valence electrons. The van der Waals surface area contributed by atoms with E-state index in [4.69, 9.17) is 0 Å². The van der Waals surface area contributed by atoms with Gasteiger partial charge in [0.2, 0.25) is 10.1 Å². The van der Waals surface area contributed by atoms with Crippen LogP contribution in [-0.2, 0) is 6.54 Å². The van der Waals surface area contributed by atoms with E-state index in [1.165, 1.54) is 11.3 Å². The zero-order valence-electron chi connectivity index (χ0n) is 9.12. The molecule has 2 aromatic heterocycles. The SMILES string of the molecule is CNc1nnc(C(=O)NCCn2ccnn2)s1. The second-order valence-electron chi connectivity index (χ2n) is 3.08. The predicted molar refractivity (Wildman–Crippen MR) is 61.8 cm³/mol. The van der Waals surface area contributed by atoms with Crippen molar-refractivity contribution in [2.75, 3.05) is 18.9 Å². The Kier molecular flexibility index (Phi) is 3.60. The topological polar surface area (TPSA) is 97.6 Å². The monoisotopic (exact) mass is 253 g/mol. The average molecular weight is 253 g/mol. The van der Waals surface area contributed by atoms with Crippen molar-refractivity contribution in [1.29, 1.82) is 0 Å². The molecule has 0 spiro atoms. The van der Waals surface area contributed by atoms with Crippen LogP contribution in [0, 0.1) is 0 Å². The van der Waals surface area contributed by atoms with Gasteiger partial charge in [-0.3, -0.25) is 9.48 Å². The number of nitrogens with zero attached hydrogens (tertiary/aromatic N) is 5. The summed E-state index contributed by atoms with van der Waals surface area (Å²) in [6, 6.07) is 0. The molecule has 2 N–H and O–H groups in total. The van der Waals surface area contributed by atoms with E-state index in [1.807, 2.05) is 0 Å². The number of hydrogen-bond acceptors (Lipinski definition) is 7. The van der Waals surface area contributed by atoms with Gasteiger partial charge in [-0.2, -0.15) is 0 Å². The predicted octanol–water partition coefficient (Wildman–Crippen LogP) is -0.399. The normalized spacial score (nSPS) is 10.2. The zero-order valence-corrected chi connectivity index (χ0v) is 9.94. The summed E-state index contributed by atoms with van der Waals surface area (Å²) in [7, 11) is 1.73. The fourth-order valence-electron chi connectivity index (χ4n) is 1.13. The van der Waals surface area contributed by atoms with E-state index in [2.05, 4.69) is 31.1 Å². The molecule has 2 rings (SSSR count). The number of hydrogen-bond donors (Lipinski definition) is 2. The summed E-state index contributed by atoms with van der Waals surface area (Å²) in [4.78, 5) is 11.6. The molecule has 2 heterocycles. The first-order chi connectivity index (χ1) is 8.29. The first-order valence-corrected chi connectivity index (χ1v) is 5.75. The molecule has 17 heavy (non-hydrogen) atoms. The molecule has 1 amide bonds. The molecule has 0 atom stereocenters. The van der Waals surface area contributed by atoms with Gasteiger partial charge in [0.25, 0.3) is 5.91 Å². The smallest absolute Gasteiger partial charge is 0.282 e. The van der Waals surface area contributed by atoms with Crippen molar-refractivity contribution < 1.29 is 4.79 Å². The third-order valence-corrected chi connectivity index (χ3v) is 2.87. The molecule has 9 heteroatoms. The van der Waals surface area contributed by atoms with E-state index < -0.39 is 0 Å². The highest BCUT2D eigenvalue weighted by Gasteiger charge is 2.11. The van der Waals surface area contributed by atoms with Gasteiger partial charge in [0.15, 0.2) is 0 Å². The Morgan fingerprint density at radius 3 is 3.06 bits per heavy atom. The Bertz CT molecular complexity index is 480. The highest BCUT2D eigenvalue weighted by molar-refractivity contribution is 7.17. The average Bonchev–Trinajstić information content (AvgIpc) is 2.99. The molecule has 0 saturated heterocycles. The summed E-state index contributed by atoms with van der Waals surface area (Å²) in [5.41, 5.74) is 0. The van der Waals surface area contributed by atoms with Gasteiger partial charge in [-0.15, -0.1) is 15.3 Å². The fourth-order valence-corrected chi connectivity index (χ4v) is 1.74. The summed E-state index contributed by atoms with van der Waals surface area (Å²) in [6.45, 7) is 1.04. The van der Waals surface area contributed by atoms with Crippen LogP contribution in [0.15, 0.2) is 12.4 Å². The molecular formula is C8H11N7OS. The van der Waals surface area contributed by atoms with Crippen LogP contribution in [0.3, 0.4) is 0 Å². The third kappa shape index (κ3) is 2.97. The van der Waals surface area contributed by atoms with E-state index in [0.717, 1.165) is 0 Å². The standard InChI is InChI=1S/C8H11N7OS/c1-9-8-13-12-7(17-8)6(16)10-2-4-15-5-3-11-14-15/h3,5H,2,4H2,1H3,(H,9,13)(H,10,16). The van der Waals surface area contributed by atoms with Crippen LogP contribution in [-0.4, -0.2) is 44.7 Å². The Morgan fingerprint density at radius 1 is 1.53 bits per heavy atom. The van der Waals surface area contributed by atoms with Gasteiger partial charge in [-0.25, -0.2) is 0 Å². The van der Waals surface area contributed by atoms with Gasteiger partial charge in [-0.05, 0) is 0 Å². The van der Waals surface area contributed by atoms with Gasteiger partial charge in [-0.1, -0.05) is 16.6 Å². The molecule has 0 aromatic carbocycles. The second-order valence-corrected chi connectivity index (χ2v) is 4.06. The lowest BCUT2D eigenvalue weighted by molar-refractivity contribution is 0.0951. The number of amides is 1. The molecule has 0 aliphatic rings. The van der Waals surface area contributed by atoms with Crippen LogP contribution in [0.25, 0.3) is 0 Å². The number of rotatable bonds is 5. The minimum atomic E-state index is -0.232. The lowest BCUT2D eigenvalue weighted by Crippen LogP contribution is -2.27. The maximum absolute atomic E-state index is 11.6. The van der Waals surface area contributed by atoms with Gasteiger partial charge >= 0.3 is 0 Å². The Morgan fingerprint density at radius 2 is 2.41 bits per heavy atom. The Labute approximate surface area is 101 Å². The molecule has 0 bridgehead atoms. The van der Waals surface area contributed by atoms with Crippen molar-refractivity contribution >= 4 is 22.4 Å². The number of carbonyl (C=O) groups is 1. The summed E-state index contributed by atoms with van der Waals surface area (Å²) in [5, 5.41) is 21.5. The molecule has 2 aromatic rings. The summed E-state index contributed by atoms with van der Waals surface area (Å²) < 4.78 is 1.64. The van der Waals surface area contributed by atoms with E-state index in [-0.39, 0.29) is 5.91 Å². The van der Waals surface area contributed by atoms with Crippen LogP contribution in [0.1, 0.15) is 9.80 Å². The summed E-state index contributed by atoms with van der Waals surface area (Å²) in [5.74, 6) is -0.232. The van der Waals surface area contributed by atoms with Crippen LogP contribution < -0.4 is 10.6 Å². The maximum atomic E-state index is 11.6. The van der Waals surface area contributed by atoms with Crippen LogP contribution in [0.5, 0.6) is 0 Å². The molecule has 0 saturated carbocycles. The van der Waals surface area contributed by atoms with Crippen molar-refractivity contribution in [1.82, 2.24) is 30.5 Å². The van der Waals surface area contributed by atoms with Crippen molar-refractivity contribution in [3.8, 4) is 0 Å². The van der Waals surface area contributed by atoms with Crippen molar-refractivity contribution in [2.24, 2.45) is 0 Å². The van der Waals surface area contributed by atoms with Crippen LogP contribution in [0.4, 0.5) is 5.13 Å². The highest BCUT2D eigenvalue weighted by Crippen LogP contribution is 2.13. The Balaban J connectivity index is 1.81. The lowest BCUT2D eigenvalue weighted by atomic mass is 10.5. The number of nitrogens with one attached hydrogen (secondary N) is 2. The number of carbonyl (C=O) groups excluding carboxylic acids is 1. The van der Waals surface area contributed by atoms with Crippen molar-refractivity contribution in [2.45, 2.75) is 6.54 Å². The molecule has 8 nitrogen and oxygen atoms in total. The molecule has 0 radical (unpaired) electrons. The van der Waals surface area contributed by atoms with Gasteiger partial charge < -0.3 is 10.6 Å². The van der Waals surface area contributed by atoms with Crippen LogP contribution >= 0.6 is 11.3 Å². The van der Waals surface area contributed by atoms with Gasteiger partial charge in [0.1, 0.15) is 0 Å². The number of aromatic nitrogens is 5. The molecular weight excluding hydrogens is 242 g/mol. The van der Waals surface area contributed by atoms with Gasteiger partial charge in [0.05, 0.1) is 12.7 Å². The number of anilines is 1. The van der Waals surface area contributed by atoms with Crippen molar-refractivity contribution in [3.63, 3.8) is 0 Å². The van der Waals surface area contributed by atoms with Gasteiger partial charge in [0, 0.05) is 19.8 Å². The fraction of sp³-hybridized carbons (Fsp3) is 0.375. The quantitative estimate of drug-likeness (QED) is 0.752. The first kappa shape index (κ1) is 11.5. The van der Waals surface area contributed by atoms with E-state index >= 15 is 0 Å². The third-order valence-electron chi connectivity index (χ3n) is 1.93. The van der Waals surface area contributed by atoms with Crippen molar-refractivity contribution in [3.05, 3.63) is 17.4 Å². The molecule has 0 aliphatic heterocycles. The Hall–Kier alpha value is -2.03. The molecule has 0 unspecified atom stereocenters. The minimum Gasteiger partial charge on any atom is -0.363 e.